The zero-order valence-electron chi connectivity index (χ0n) is 12.9. The molecule has 1 fully saturated rings. The van der Waals surface area contributed by atoms with E-state index in [1.54, 1.807) is 12.1 Å². The van der Waals surface area contributed by atoms with Crippen LogP contribution in [0.25, 0.3) is 0 Å². The maximum absolute atomic E-state index is 11.9. The van der Waals surface area contributed by atoms with Crippen molar-refractivity contribution in [3.63, 3.8) is 0 Å². The lowest BCUT2D eigenvalue weighted by atomic mass is 9.92. The first-order valence-electron chi connectivity index (χ1n) is 7.63. The zero-order chi connectivity index (χ0) is 15.9. The normalized spacial score (nSPS) is 20.3. The van der Waals surface area contributed by atoms with E-state index in [0.29, 0.717) is 18.5 Å². The van der Waals surface area contributed by atoms with Gasteiger partial charge in [-0.15, -0.1) is 12.4 Å². The maximum atomic E-state index is 11.9. The molecule has 0 atom stereocenters. The van der Waals surface area contributed by atoms with Crippen LogP contribution in [0.4, 0.5) is 0 Å². The lowest BCUT2D eigenvalue weighted by Crippen LogP contribution is -2.41. The lowest BCUT2D eigenvalue weighted by Gasteiger charge is -2.26. The number of hydrogen-bond acceptors (Lipinski definition) is 3. The number of carbonyl (C=O) groups excluding carboxylic acids is 2. The van der Waals surface area contributed by atoms with Crippen molar-refractivity contribution in [2.24, 2.45) is 5.73 Å². The first-order chi connectivity index (χ1) is 10.5. The van der Waals surface area contributed by atoms with Gasteiger partial charge in [0.2, 0.25) is 5.91 Å². The van der Waals surface area contributed by atoms with Gasteiger partial charge in [0, 0.05) is 35.1 Å². The van der Waals surface area contributed by atoms with Crippen molar-refractivity contribution in [3.05, 3.63) is 34.3 Å². The van der Waals surface area contributed by atoms with Crippen molar-refractivity contribution in [1.29, 1.82) is 0 Å². The monoisotopic (exact) mass is 403 g/mol. The molecule has 1 saturated carbocycles. The third-order valence-electron chi connectivity index (χ3n) is 3.88. The standard InChI is InChI=1S/C16H22BrN3O2.ClH/c17-12-3-1-11(2-4-12)16(22)19-10-9-15(21)20-14-7-5-13(18)6-8-14;/h1-4,13-14H,5-10,18H2,(H,19,22)(H,20,21);1H. The number of rotatable bonds is 5. The molecular weight excluding hydrogens is 382 g/mol. The molecule has 23 heavy (non-hydrogen) atoms. The van der Waals surface area contributed by atoms with E-state index >= 15 is 0 Å². The second-order valence-electron chi connectivity index (χ2n) is 5.69. The molecule has 1 aromatic rings. The quantitative estimate of drug-likeness (QED) is 0.704. The molecule has 1 aliphatic carbocycles. The Hall–Kier alpha value is -1.11. The average molecular weight is 405 g/mol. The summed E-state index contributed by atoms with van der Waals surface area (Å²) < 4.78 is 0.927. The molecular formula is C16H23BrClN3O2. The van der Waals surface area contributed by atoms with Gasteiger partial charge in [0.05, 0.1) is 0 Å². The molecule has 0 spiro atoms. The first kappa shape index (κ1) is 19.9. The molecule has 0 bridgehead atoms. The van der Waals surface area contributed by atoms with E-state index in [9.17, 15) is 9.59 Å². The molecule has 2 rings (SSSR count). The minimum atomic E-state index is -0.163. The van der Waals surface area contributed by atoms with Gasteiger partial charge in [-0.2, -0.15) is 0 Å². The minimum Gasteiger partial charge on any atom is -0.353 e. The molecule has 128 valence electrons. The van der Waals surface area contributed by atoms with Gasteiger partial charge in [0.25, 0.3) is 5.91 Å². The predicted octanol–water partition coefficient (Wildman–Crippen LogP) is 2.38. The summed E-state index contributed by atoms with van der Waals surface area (Å²) in [6, 6.07) is 7.62. The molecule has 7 heteroatoms. The summed E-state index contributed by atoms with van der Waals surface area (Å²) in [5.41, 5.74) is 6.43. The van der Waals surface area contributed by atoms with Gasteiger partial charge < -0.3 is 16.4 Å². The fraction of sp³-hybridized carbons (Fsp3) is 0.500. The predicted molar refractivity (Wildman–Crippen MR) is 96.7 cm³/mol. The molecule has 5 nitrogen and oxygen atoms in total. The number of amides is 2. The fourth-order valence-electron chi connectivity index (χ4n) is 2.56. The van der Waals surface area contributed by atoms with E-state index in [2.05, 4.69) is 26.6 Å². The molecule has 0 aliphatic heterocycles. The van der Waals surface area contributed by atoms with Crippen LogP contribution in [0.2, 0.25) is 0 Å². The highest BCUT2D eigenvalue weighted by Crippen LogP contribution is 2.16. The lowest BCUT2D eigenvalue weighted by molar-refractivity contribution is -0.121. The number of hydrogen-bond donors (Lipinski definition) is 3. The van der Waals surface area contributed by atoms with Crippen LogP contribution in [-0.4, -0.2) is 30.4 Å². The van der Waals surface area contributed by atoms with E-state index in [1.165, 1.54) is 0 Å². The first-order valence-corrected chi connectivity index (χ1v) is 8.42. The van der Waals surface area contributed by atoms with E-state index in [1.807, 2.05) is 12.1 Å². The maximum Gasteiger partial charge on any atom is 0.251 e. The van der Waals surface area contributed by atoms with Crippen LogP contribution in [0, 0.1) is 0 Å². The molecule has 1 aromatic carbocycles. The molecule has 2 amide bonds. The second kappa shape index (κ2) is 9.90. The van der Waals surface area contributed by atoms with Gasteiger partial charge in [-0.3, -0.25) is 9.59 Å². The third kappa shape index (κ3) is 6.89. The van der Waals surface area contributed by atoms with Crippen LogP contribution >= 0.6 is 28.3 Å². The van der Waals surface area contributed by atoms with E-state index in [-0.39, 0.29) is 36.3 Å². The number of halogens is 2. The Kier molecular flexibility index (Phi) is 8.58. The second-order valence-corrected chi connectivity index (χ2v) is 6.61. The summed E-state index contributed by atoms with van der Waals surface area (Å²) in [4.78, 5) is 23.7. The summed E-state index contributed by atoms with van der Waals surface area (Å²) in [6.07, 6.45) is 4.11. The van der Waals surface area contributed by atoms with E-state index in [0.717, 1.165) is 30.2 Å². The summed E-state index contributed by atoms with van der Waals surface area (Å²) in [5.74, 6) is -0.180. The summed E-state index contributed by atoms with van der Waals surface area (Å²) >= 11 is 3.32. The van der Waals surface area contributed by atoms with Crippen molar-refractivity contribution >= 4 is 40.2 Å². The average Bonchev–Trinajstić information content (AvgIpc) is 2.50. The topological polar surface area (TPSA) is 84.2 Å². The minimum absolute atomic E-state index is 0. The van der Waals surface area contributed by atoms with Crippen molar-refractivity contribution < 1.29 is 9.59 Å². The van der Waals surface area contributed by atoms with Crippen LogP contribution in [0.15, 0.2) is 28.7 Å². The van der Waals surface area contributed by atoms with Gasteiger partial charge >= 0.3 is 0 Å². The summed E-state index contributed by atoms with van der Waals surface area (Å²) in [6.45, 7) is 0.340. The molecule has 4 N–H and O–H groups in total. The Bertz CT molecular complexity index is 517. The summed E-state index contributed by atoms with van der Waals surface area (Å²) in [7, 11) is 0. The Morgan fingerprint density at radius 3 is 2.35 bits per heavy atom. The van der Waals surface area contributed by atoms with Crippen LogP contribution in [-0.2, 0) is 4.79 Å². The van der Waals surface area contributed by atoms with Crippen molar-refractivity contribution in [1.82, 2.24) is 10.6 Å². The highest BCUT2D eigenvalue weighted by atomic mass is 79.9. The van der Waals surface area contributed by atoms with Crippen molar-refractivity contribution in [3.8, 4) is 0 Å². The highest BCUT2D eigenvalue weighted by Gasteiger charge is 2.19. The number of nitrogens with one attached hydrogen (secondary N) is 2. The number of benzene rings is 1. The van der Waals surface area contributed by atoms with Crippen LogP contribution in [0.3, 0.4) is 0 Å². The van der Waals surface area contributed by atoms with Gasteiger partial charge in [-0.25, -0.2) is 0 Å². The highest BCUT2D eigenvalue weighted by molar-refractivity contribution is 9.10. The Balaban J connectivity index is 0.00000264. The van der Waals surface area contributed by atoms with E-state index in [4.69, 9.17) is 5.73 Å². The van der Waals surface area contributed by atoms with Crippen LogP contribution in [0.5, 0.6) is 0 Å². The largest absolute Gasteiger partial charge is 0.353 e. The Morgan fingerprint density at radius 1 is 1.13 bits per heavy atom. The number of carbonyl (C=O) groups is 2. The third-order valence-corrected chi connectivity index (χ3v) is 4.41. The Morgan fingerprint density at radius 2 is 1.74 bits per heavy atom. The molecule has 0 unspecified atom stereocenters. The number of nitrogens with two attached hydrogens (primary N) is 1. The summed E-state index contributed by atoms with van der Waals surface area (Å²) in [5, 5.41) is 5.77. The van der Waals surface area contributed by atoms with Gasteiger partial charge in [0.15, 0.2) is 0 Å². The van der Waals surface area contributed by atoms with Crippen molar-refractivity contribution in [2.45, 2.75) is 44.2 Å². The molecule has 0 saturated heterocycles. The van der Waals surface area contributed by atoms with Gasteiger partial charge in [-0.1, -0.05) is 15.9 Å². The molecule has 0 radical (unpaired) electrons. The fourth-order valence-corrected chi connectivity index (χ4v) is 2.82. The van der Waals surface area contributed by atoms with Crippen LogP contribution in [0.1, 0.15) is 42.5 Å². The van der Waals surface area contributed by atoms with Gasteiger partial charge in [0.1, 0.15) is 0 Å². The van der Waals surface area contributed by atoms with Crippen LogP contribution < -0.4 is 16.4 Å². The molecule has 0 aromatic heterocycles. The SMILES string of the molecule is Cl.NC1CCC(NC(=O)CCNC(=O)c2ccc(Br)cc2)CC1. The zero-order valence-corrected chi connectivity index (χ0v) is 15.3. The molecule has 1 aliphatic rings. The molecule has 0 heterocycles. The van der Waals surface area contributed by atoms with Crippen molar-refractivity contribution in [2.75, 3.05) is 6.54 Å². The smallest absolute Gasteiger partial charge is 0.251 e. The Labute approximate surface area is 151 Å². The van der Waals surface area contributed by atoms with E-state index < -0.39 is 0 Å². The van der Waals surface area contributed by atoms with Gasteiger partial charge in [-0.05, 0) is 49.9 Å².